The first-order valence-corrected chi connectivity index (χ1v) is 5.86. The maximum Gasteiger partial charge on any atom is 0.377 e. The van der Waals surface area contributed by atoms with Crippen LogP contribution in [0.4, 0.5) is 0 Å². The molecular formula is C3H8NO4S2+. The average molecular weight is 186 g/mol. The Morgan fingerprint density at radius 1 is 1.00 bits per heavy atom. The molecule has 0 radical (unpaired) electrons. The lowest BCUT2D eigenvalue weighted by Gasteiger charge is -1.90. The lowest BCUT2D eigenvalue weighted by Crippen LogP contribution is -2.24. The molecule has 5 nitrogen and oxygen atoms in total. The number of rotatable bonds is 2. The maximum atomic E-state index is 10.5. The summed E-state index contributed by atoms with van der Waals surface area (Å²) in [5.41, 5.74) is 0. The Balaban J connectivity index is 5.16. The fourth-order valence-electron chi connectivity index (χ4n) is 0.246. The SMILES string of the molecule is C=[N+](S(C)(=O)=O)S(C)(=O)=O. The Morgan fingerprint density at radius 2 is 1.20 bits per heavy atom. The zero-order chi connectivity index (χ0) is 8.58. The predicted octanol–water partition coefficient (Wildman–Crippen LogP) is -1.38. The van der Waals surface area contributed by atoms with Crippen molar-refractivity contribution >= 4 is 26.8 Å². The molecular weight excluding hydrogens is 178 g/mol. The van der Waals surface area contributed by atoms with Crippen LogP contribution in [-0.4, -0.2) is 39.5 Å². The van der Waals surface area contributed by atoms with Crippen LogP contribution in [-0.2, 0) is 20.0 Å². The molecule has 0 aliphatic rings. The highest BCUT2D eigenvalue weighted by atomic mass is 32.3. The Labute approximate surface area is 60.1 Å². The van der Waals surface area contributed by atoms with Crippen molar-refractivity contribution in [1.82, 2.24) is 0 Å². The first kappa shape index (κ1) is 9.57. The van der Waals surface area contributed by atoms with Gasteiger partial charge in [-0.3, -0.25) is 0 Å². The third kappa shape index (κ3) is 2.44. The van der Waals surface area contributed by atoms with Gasteiger partial charge in [-0.15, -0.1) is 0 Å². The van der Waals surface area contributed by atoms with Gasteiger partial charge in [0.15, 0.2) is 6.72 Å². The lowest BCUT2D eigenvalue weighted by molar-refractivity contribution is -0.162. The molecule has 0 unspecified atom stereocenters. The van der Waals surface area contributed by atoms with E-state index in [9.17, 15) is 16.8 Å². The summed E-state index contributed by atoms with van der Waals surface area (Å²) in [5, 5.41) is 0. The average Bonchev–Trinajstić information content (AvgIpc) is 1.59. The summed E-state index contributed by atoms with van der Waals surface area (Å²) in [4.78, 5) is 0. The zero-order valence-electron chi connectivity index (χ0n) is 5.60. The maximum absolute atomic E-state index is 10.5. The van der Waals surface area contributed by atoms with Gasteiger partial charge in [-0.25, -0.2) is 0 Å². The quantitative estimate of drug-likeness (QED) is 0.393. The Kier molecular flexibility index (Phi) is 2.21. The molecule has 0 spiro atoms. The molecule has 0 rings (SSSR count). The van der Waals surface area contributed by atoms with Crippen molar-refractivity contribution in [2.45, 2.75) is 0 Å². The molecule has 0 aliphatic carbocycles. The molecule has 0 aromatic carbocycles. The standard InChI is InChI=1S/C3H8NO4S2/c1-4(9(2,5)6)10(3,7)8/h1H2,2-3H3/q+1. The van der Waals surface area contributed by atoms with Crippen molar-refractivity contribution in [3.05, 3.63) is 0 Å². The van der Waals surface area contributed by atoms with Gasteiger partial charge < -0.3 is 0 Å². The lowest BCUT2D eigenvalue weighted by atomic mass is 11.8. The molecule has 0 aliphatic heterocycles. The van der Waals surface area contributed by atoms with E-state index in [0.29, 0.717) is 0 Å². The predicted molar refractivity (Wildman–Crippen MR) is 37.1 cm³/mol. The van der Waals surface area contributed by atoms with E-state index in [1.165, 1.54) is 0 Å². The van der Waals surface area contributed by atoms with Crippen molar-refractivity contribution in [3.63, 3.8) is 0 Å². The molecule has 0 N–H and O–H groups in total. The molecule has 0 amide bonds. The van der Waals surface area contributed by atoms with E-state index < -0.39 is 20.0 Å². The van der Waals surface area contributed by atoms with E-state index in [4.69, 9.17) is 0 Å². The molecule has 0 atom stereocenters. The number of nitrogens with zero attached hydrogens (tertiary/aromatic N) is 1. The van der Waals surface area contributed by atoms with E-state index in [-0.39, 0.29) is 3.39 Å². The van der Waals surface area contributed by atoms with Crippen LogP contribution >= 0.6 is 0 Å². The van der Waals surface area contributed by atoms with Crippen LogP contribution in [0.2, 0.25) is 0 Å². The molecule has 10 heavy (non-hydrogen) atoms. The van der Waals surface area contributed by atoms with Crippen molar-refractivity contribution in [2.75, 3.05) is 12.5 Å². The largest absolute Gasteiger partial charge is 0.377 e. The van der Waals surface area contributed by atoms with Crippen LogP contribution in [0.25, 0.3) is 0 Å². The fourth-order valence-corrected chi connectivity index (χ4v) is 2.21. The van der Waals surface area contributed by atoms with Gasteiger partial charge in [-0.05, 0) is 3.39 Å². The number of hydrogen-bond acceptors (Lipinski definition) is 4. The molecule has 0 bridgehead atoms. The Bertz CT molecular complexity index is 301. The minimum absolute atomic E-state index is 0.0694. The molecule has 0 saturated heterocycles. The molecule has 0 fully saturated rings. The van der Waals surface area contributed by atoms with Crippen LogP contribution in [0.15, 0.2) is 0 Å². The van der Waals surface area contributed by atoms with Gasteiger partial charge in [0, 0.05) is 0 Å². The first-order valence-electron chi connectivity index (χ1n) is 2.16. The summed E-state index contributed by atoms with van der Waals surface area (Å²) in [6, 6.07) is 0. The second-order valence-corrected chi connectivity index (χ2v) is 5.84. The first-order chi connectivity index (χ1) is 4.15. The van der Waals surface area contributed by atoms with Crippen LogP contribution in [0.5, 0.6) is 0 Å². The summed E-state index contributed by atoms with van der Waals surface area (Å²) in [6.45, 7) is 2.84. The third-order valence-electron chi connectivity index (χ3n) is 0.740. The molecule has 0 aromatic heterocycles. The number of sulfonamides is 2. The summed E-state index contributed by atoms with van der Waals surface area (Å²) in [6.07, 6.45) is 1.53. The van der Waals surface area contributed by atoms with Gasteiger partial charge >= 0.3 is 20.0 Å². The summed E-state index contributed by atoms with van der Waals surface area (Å²) < 4.78 is 41.9. The van der Waals surface area contributed by atoms with Crippen molar-refractivity contribution < 1.29 is 20.2 Å². The Hall–Kier alpha value is -0.430. The minimum atomic E-state index is -3.73. The zero-order valence-corrected chi connectivity index (χ0v) is 7.24. The van der Waals surface area contributed by atoms with Crippen LogP contribution in [0, 0.1) is 0 Å². The van der Waals surface area contributed by atoms with Crippen molar-refractivity contribution in [2.24, 2.45) is 0 Å². The molecule has 7 heteroatoms. The summed E-state index contributed by atoms with van der Waals surface area (Å²) in [7, 11) is -7.45. The van der Waals surface area contributed by atoms with E-state index in [2.05, 4.69) is 6.72 Å². The summed E-state index contributed by atoms with van der Waals surface area (Å²) >= 11 is 0. The van der Waals surface area contributed by atoms with Gasteiger partial charge in [-0.2, -0.15) is 16.8 Å². The highest BCUT2D eigenvalue weighted by Crippen LogP contribution is 1.91. The molecule has 0 aromatic rings. The molecule has 60 valence electrons. The minimum Gasteiger partial charge on any atom is -0.163 e. The van der Waals surface area contributed by atoms with Crippen molar-refractivity contribution in [1.29, 1.82) is 0 Å². The van der Waals surface area contributed by atoms with Gasteiger partial charge in [0.05, 0.1) is 0 Å². The monoisotopic (exact) mass is 186 g/mol. The third-order valence-corrected chi connectivity index (χ3v) is 3.84. The van der Waals surface area contributed by atoms with Crippen molar-refractivity contribution in [3.8, 4) is 0 Å². The van der Waals surface area contributed by atoms with Crippen LogP contribution < -0.4 is 0 Å². The second kappa shape index (κ2) is 2.31. The normalized spacial score (nSPS) is 13.0. The highest BCUT2D eigenvalue weighted by molar-refractivity contribution is 7.96. The summed E-state index contributed by atoms with van der Waals surface area (Å²) in [5.74, 6) is 0. The van der Waals surface area contributed by atoms with Gasteiger partial charge in [0.25, 0.3) is 0 Å². The second-order valence-electron chi connectivity index (χ2n) is 1.80. The topological polar surface area (TPSA) is 71.3 Å². The van der Waals surface area contributed by atoms with Gasteiger partial charge in [-0.1, -0.05) is 0 Å². The Morgan fingerprint density at radius 3 is 1.20 bits per heavy atom. The van der Waals surface area contributed by atoms with Crippen LogP contribution in [0.1, 0.15) is 0 Å². The molecule has 0 saturated carbocycles. The fraction of sp³-hybridized carbons (Fsp3) is 0.667. The van der Waals surface area contributed by atoms with E-state index in [1.807, 2.05) is 0 Å². The number of hydrogen-bond donors (Lipinski definition) is 0. The van der Waals surface area contributed by atoms with E-state index in [0.717, 1.165) is 12.5 Å². The van der Waals surface area contributed by atoms with E-state index >= 15 is 0 Å². The highest BCUT2D eigenvalue weighted by Gasteiger charge is 2.25. The van der Waals surface area contributed by atoms with Gasteiger partial charge in [0.2, 0.25) is 0 Å². The van der Waals surface area contributed by atoms with E-state index in [1.54, 1.807) is 0 Å². The smallest absolute Gasteiger partial charge is 0.163 e. The molecule has 0 heterocycles. The van der Waals surface area contributed by atoms with Gasteiger partial charge in [0.1, 0.15) is 12.5 Å². The van der Waals surface area contributed by atoms with Crippen LogP contribution in [0.3, 0.4) is 0 Å².